The van der Waals surface area contributed by atoms with Gasteiger partial charge < -0.3 is 5.21 Å². The van der Waals surface area contributed by atoms with Crippen LogP contribution in [0.1, 0.15) is 32.0 Å². The maximum absolute atomic E-state index is 13.1. The van der Waals surface area contributed by atoms with Crippen LogP contribution < -0.4 is 10.2 Å². The van der Waals surface area contributed by atoms with Gasteiger partial charge >= 0.3 is 0 Å². The average molecular weight is 452 g/mol. The van der Waals surface area contributed by atoms with Crippen LogP contribution in [0.15, 0.2) is 65.6 Å². The Morgan fingerprint density at radius 1 is 1.03 bits per heavy atom. The van der Waals surface area contributed by atoms with Crippen molar-refractivity contribution < 1.29 is 13.6 Å². The Kier molecular flexibility index (Phi) is 5.09. The lowest BCUT2D eigenvalue weighted by Crippen LogP contribution is -2.18. The van der Waals surface area contributed by atoms with Crippen LogP contribution in [-0.4, -0.2) is 28.1 Å². The number of sulfonamides is 1. The summed E-state index contributed by atoms with van der Waals surface area (Å²) in [6.45, 7) is 7.98. The van der Waals surface area contributed by atoms with Crippen LogP contribution in [0.4, 0.5) is 5.82 Å². The van der Waals surface area contributed by atoms with Gasteiger partial charge in [0.05, 0.1) is 21.8 Å². The number of nitrogens with zero attached hydrogens (tertiary/aromatic N) is 3. The van der Waals surface area contributed by atoms with Crippen molar-refractivity contribution >= 4 is 26.7 Å². The molecular weight excluding hydrogens is 426 g/mol. The molecule has 0 aliphatic rings. The quantitative estimate of drug-likeness (QED) is 0.408. The molecule has 0 bridgehead atoms. The second-order valence-electron chi connectivity index (χ2n) is 8.70. The SMILES string of the molecule is Cc1cc(NS(=O)(=O)c2ccc(C(C)(C)C)cc2)n(-c2cccc3c2ccc(=N)n3O)n1. The molecule has 9 heteroatoms. The standard InChI is InChI=1S/C23H25N5O3S/c1-15-14-22(26-32(30,31)17-10-8-16(9-11-17)23(2,3)4)27(25-15)19-6-5-7-20-18(19)12-13-21(24)28(20)29/h5-14,24,26,29H,1-4H3. The summed E-state index contributed by atoms with van der Waals surface area (Å²) in [5.74, 6) is 0.273. The van der Waals surface area contributed by atoms with Crippen LogP contribution >= 0.6 is 0 Å². The first-order valence-electron chi connectivity index (χ1n) is 10.1. The zero-order valence-electron chi connectivity index (χ0n) is 18.3. The molecule has 0 atom stereocenters. The first-order valence-corrected chi connectivity index (χ1v) is 11.5. The smallest absolute Gasteiger partial charge is 0.263 e. The summed E-state index contributed by atoms with van der Waals surface area (Å²) < 4.78 is 31.1. The van der Waals surface area contributed by atoms with E-state index < -0.39 is 10.0 Å². The van der Waals surface area contributed by atoms with Crippen molar-refractivity contribution in [1.82, 2.24) is 14.5 Å². The fourth-order valence-corrected chi connectivity index (χ4v) is 4.56. The predicted molar refractivity (Wildman–Crippen MR) is 123 cm³/mol. The molecule has 0 aliphatic carbocycles. The van der Waals surface area contributed by atoms with Gasteiger partial charge in [0.15, 0.2) is 5.49 Å². The molecule has 0 fully saturated rings. The molecular formula is C23H25N5O3S. The molecule has 2 aromatic heterocycles. The summed E-state index contributed by atoms with van der Waals surface area (Å²) in [6, 6.07) is 16.8. The maximum Gasteiger partial charge on any atom is 0.263 e. The number of benzene rings is 2. The highest BCUT2D eigenvalue weighted by Crippen LogP contribution is 2.27. The molecule has 2 heterocycles. The van der Waals surface area contributed by atoms with E-state index in [1.807, 2.05) is 12.1 Å². The molecule has 4 aromatic rings. The van der Waals surface area contributed by atoms with Crippen LogP contribution in [0, 0.1) is 12.3 Å². The van der Waals surface area contributed by atoms with Crippen LogP contribution in [0.25, 0.3) is 16.6 Å². The first kappa shape index (κ1) is 21.6. The number of hydrogen-bond donors (Lipinski definition) is 3. The van der Waals surface area contributed by atoms with Crippen molar-refractivity contribution in [3.8, 4) is 5.69 Å². The molecule has 0 spiro atoms. The van der Waals surface area contributed by atoms with Crippen molar-refractivity contribution in [3.63, 3.8) is 0 Å². The lowest BCUT2D eigenvalue weighted by atomic mass is 9.87. The van der Waals surface area contributed by atoms with Gasteiger partial charge in [-0.2, -0.15) is 9.83 Å². The van der Waals surface area contributed by atoms with Crippen LogP contribution in [0.2, 0.25) is 0 Å². The third-order valence-electron chi connectivity index (χ3n) is 5.25. The average Bonchev–Trinajstić information content (AvgIpc) is 3.09. The van der Waals surface area contributed by atoms with Gasteiger partial charge in [0.2, 0.25) is 0 Å². The second-order valence-corrected chi connectivity index (χ2v) is 10.4. The van der Waals surface area contributed by atoms with Crippen molar-refractivity contribution in [2.45, 2.75) is 38.0 Å². The predicted octanol–water partition coefficient (Wildman–Crippen LogP) is 3.95. The molecule has 166 valence electrons. The van der Waals surface area contributed by atoms with Crippen LogP contribution in [0.5, 0.6) is 0 Å². The van der Waals surface area contributed by atoms with Crippen LogP contribution in [-0.2, 0) is 15.4 Å². The highest BCUT2D eigenvalue weighted by Gasteiger charge is 2.21. The van der Waals surface area contributed by atoms with Crippen molar-refractivity contribution in [3.05, 3.63) is 77.4 Å². The van der Waals surface area contributed by atoms with Gasteiger partial charge in [-0.15, -0.1) is 0 Å². The Bertz CT molecular complexity index is 1480. The number of nitrogens with one attached hydrogen (secondary N) is 2. The highest BCUT2D eigenvalue weighted by molar-refractivity contribution is 7.92. The largest absolute Gasteiger partial charge is 0.426 e. The fourth-order valence-electron chi connectivity index (χ4n) is 3.53. The molecule has 0 saturated heterocycles. The summed E-state index contributed by atoms with van der Waals surface area (Å²) in [6.07, 6.45) is 0. The van der Waals surface area contributed by atoms with E-state index in [1.165, 1.54) is 10.7 Å². The third kappa shape index (κ3) is 3.87. The zero-order valence-corrected chi connectivity index (χ0v) is 19.1. The van der Waals surface area contributed by atoms with E-state index in [9.17, 15) is 13.6 Å². The number of aryl methyl sites for hydroxylation is 1. The Labute approximate surface area is 186 Å². The van der Waals surface area contributed by atoms with Crippen LogP contribution in [0.3, 0.4) is 0 Å². The van der Waals surface area contributed by atoms with Crippen molar-refractivity contribution in [2.24, 2.45) is 0 Å². The minimum Gasteiger partial charge on any atom is -0.426 e. The van der Waals surface area contributed by atoms with E-state index in [0.717, 1.165) is 10.3 Å². The zero-order chi connectivity index (χ0) is 23.3. The van der Waals surface area contributed by atoms with Crippen molar-refractivity contribution in [2.75, 3.05) is 4.72 Å². The van der Waals surface area contributed by atoms with Gasteiger partial charge in [-0.25, -0.2) is 13.1 Å². The fraction of sp³-hybridized carbons (Fsp3) is 0.217. The van der Waals surface area contributed by atoms with E-state index >= 15 is 0 Å². The van der Waals surface area contributed by atoms with E-state index in [-0.39, 0.29) is 21.6 Å². The summed E-state index contributed by atoms with van der Waals surface area (Å²) >= 11 is 0. The lowest BCUT2D eigenvalue weighted by Gasteiger charge is -2.19. The van der Waals surface area contributed by atoms with Gasteiger partial charge in [-0.1, -0.05) is 39.0 Å². The second kappa shape index (κ2) is 7.52. The van der Waals surface area contributed by atoms with Gasteiger partial charge in [0.25, 0.3) is 10.0 Å². The summed E-state index contributed by atoms with van der Waals surface area (Å²) in [7, 11) is -3.86. The number of aromatic nitrogens is 3. The Morgan fingerprint density at radius 2 is 1.72 bits per heavy atom. The van der Waals surface area contributed by atoms with Gasteiger partial charge in [-0.05, 0) is 54.3 Å². The molecule has 0 unspecified atom stereocenters. The number of anilines is 1. The van der Waals surface area contributed by atoms with Gasteiger partial charge in [0.1, 0.15) is 5.82 Å². The third-order valence-corrected chi connectivity index (χ3v) is 6.62. The highest BCUT2D eigenvalue weighted by atomic mass is 32.2. The number of fused-ring (bicyclic) bond motifs is 1. The summed E-state index contributed by atoms with van der Waals surface area (Å²) in [5.41, 5.74) is 2.50. The monoisotopic (exact) mass is 451 g/mol. The Morgan fingerprint density at radius 3 is 2.38 bits per heavy atom. The molecule has 32 heavy (non-hydrogen) atoms. The Hall–Kier alpha value is -3.59. The first-order chi connectivity index (χ1) is 15.0. The molecule has 0 saturated carbocycles. The van der Waals surface area contributed by atoms with Crippen molar-refractivity contribution in [1.29, 1.82) is 5.41 Å². The summed E-state index contributed by atoms with van der Waals surface area (Å²) in [5, 5.41) is 23.1. The molecule has 8 nitrogen and oxygen atoms in total. The molecule has 0 aliphatic heterocycles. The minimum atomic E-state index is -3.86. The minimum absolute atomic E-state index is 0.0640. The number of pyridine rings is 1. The molecule has 2 aromatic carbocycles. The normalized spacial score (nSPS) is 12.2. The summed E-state index contributed by atoms with van der Waals surface area (Å²) in [4.78, 5) is 0.154. The lowest BCUT2D eigenvalue weighted by molar-refractivity contribution is 0.184. The van der Waals surface area contributed by atoms with E-state index in [0.29, 0.717) is 22.3 Å². The molecule has 3 N–H and O–H groups in total. The number of hydrogen-bond acceptors (Lipinski definition) is 5. The van der Waals surface area contributed by atoms with E-state index in [1.54, 1.807) is 49.4 Å². The maximum atomic E-state index is 13.1. The molecule has 0 amide bonds. The Balaban J connectivity index is 1.78. The van der Waals surface area contributed by atoms with E-state index in [2.05, 4.69) is 30.6 Å². The van der Waals surface area contributed by atoms with Gasteiger partial charge in [0, 0.05) is 11.5 Å². The van der Waals surface area contributed by atoms with Gasteiger partial charge in [-0.3, -0.25) is 10.1 Å². The number of rotatable bonds is 4. The van der Waals surface area contributed by atoms with E-state index in [4.69, 9.17) is 5.41 Å². The molecule has 4 rings (SSSR count). The molecule has 0 radical (unpaired) electrons. The topological polar surface area (TPSA) is 113 Å².